The van der Waals surface area contributed by atoms with E-state index in [1.165, 1.54) is 5.56 Å². The summed E-state index contributed by atoms with van der Waals surface area (Å²) < 4.78 is 10.7. The second-order valence-electron chi connectivity index (χ2n) is 5.28. The monoisotopic (exact) mass is 341 g/mol. The van der Waals surface area contributed by atoms with Crippen molar-refractivity contribution < 1.29 is 9.47 Å². The van der Waals surface area contributed by atoms with E-state index in [1.807, 2.05) is 42.5 Å². The first-order valence-electron chi connectivity index (χ1n) is 7.52. The summed E-state index contributed by atoms with van der Waals surface area (Å²) in [5, 5.41) is 5.24. The highest BCUT2D eigenvalue weighted by atomic mass is 32.2. The number of rotatable bonds is 4. The number of methoxy groups -OCH3 is 2. The Bertz CT molecular complexity index is 785. The molecule has 0 unspecified atom stereocenters. The number of aryl methyl sites for hydroxylation is 1. The molecule has 2 aromatic carbocycles. The third kappa shape index (κ3) is 3.71. The van der Waals surface area contributed by atoms with Crippen molar-refractivity contribution in [2.45, 2.75) is 6.92 Å². The zero-order valence-corrected chi connectivity index (χ0v) is 14.7. The second-order valence-corrected chi connectivity index (χ2v) is 6.24. The third-order valence-electron chi connectivity index (χ3n) is 3.61. The van der Waals surface area contributed by atoms with E-state index in [0.29, 0.717) is 5.75 Å². The number of hydrogen-bond acceptors (Lipinski definition) is 5. The van der Waals surface area contributed by atoms with E-state index in [9.17, 15) is 0 Å². The highest BCUT2D eigenvalue weighted by molar-refractivity contribution is 8.14. The first-order valence-corrected chi connectivity index (χ1v) is 8.51. The van der Waals surface area contributed by atoms with Gasteiger partial charge in [0.1, 0.15) is 11.5 Å². The molecule has 0 aliphatic carbocycles. The summed E-state index contributed by atoms with van der Waals surface area (Å²) in [4.78, 5) is 4.57. The van der Waals surface area contributed by atoms with Gasteiger partial charge in [0.25, 0.3) is 0 Å². The van der Waals surface area contributed by atoms with Gasteiger partial charge in [0, 0.05) is 11.3 Å². The Morgan fingerprint density at radius 2 is 1.88 bits per heavy atom. The maximum absolute atomic E-state index is 5.43. The van der Waals surface area contributed by atoms with Gasteiger partial charge in [-0.1, -0.05) is 29.5 Å². The van der Waals surface area contributed by atoms with Gasteiger partial charge in [-0.05, 0) is 37.3 Å². The lowest BCUT2D eigenvalue weighted by atomic mass is 10.1. The fraction of sp³-hybridized carbons (Fsp3) is 0.222. The lowest BCUT2D eigenvalue weighted by molar-refractivity contribution is 0.402. The molecule has 3 rings (SSSR count). The summed E-state index contributed by atoms with van der Waals surface area (Å²) in [5.41, 5.74) is 6.97. The average molecular weight is 341 g/mol. The second kappa shape index (κ2) is 7.40. The minimum atomic E-state index is 0.710. The Hall–Kier alpha value is -2.47. The molecule has 124 valence electrons. The van der Waals surface area contributed by atoms with Crippen molar-refractivity contribution in [3.8, 4) is 11.5 Å². The minimum absolute atomic E-state index is 0.710. The van der Waals surface area contributed by atoms with Gasteiger partial charge in [-0.15, -0.1) is 0 Å². The highest BCUT2D eigenvalue weighted by Crippen LogP contribution is 2.27. The van der Waals surface area contributed by atoms with Gasteiger partial charge in [-0.25, -0.2) is 4.99 Å². The molecular formula is C18H19N3O2S. The molecule has 0 spiro atoms. The van der Waals surface area contributed by atoms with Crippen molar-refractivity contribution in [3.63, 3.8) is 0 Å². The van der Waals surface area contributed by atoms with Crippen LogP contribution in [0.5, 0.6) is 11.5 Å². The molecule has 0 amide bonds. The Morgan fingerprint density at radius 1 is 1.08 bits per heavy atom. The van der Waals surface area contributed by atoms with E-state index in [4.69, 9.17) is 9.47 Å². The maximum Gasteiger partial charge on any atom is 0.182 e. The number of amidine groups is 1. The molecule has 1 aliphatic heterocycles. The van der Waals surface area contributed by atoms with Crippen molar-refractivity contribution in [1.82, 2.24) is 5.43 Å². The van der Waals surface area contributed by atoms with Crippen LogP contribution < -0.4 is 14.9 Å². The SMILES string of the molecule is COc1ccc(OC)c(C2=NNC(=Nc3ccc(C)cc3)SC2)c1. The van der Waals surface area contributed by atoms with Crippen LogP contribution in [0.15, 0.2) is 52.6 Å². The molecule has 0 bridgehead atoms. The number of nitrogens with one attached hydrogen (secondary N) is 1. The molecule has 6 heteroatoms. The molecule has 5 nitrogen and oxygen atoms in total. The fourth-order valence-electron chi connectivity index (χ4n) is 2.29. The molecule has 0 saturated carbocycles. The number of hydrazone groups is 1. The van der Waals surface area contributed by atoms with Gasteiger partial charge in [-0.3, -0.25) is 5.43 Å². The number of aliphatic imine (C=N–C) groups is 1. The first-order chi connectivity index (χ1) is 11.7. The molecule has 0 aromatic heterocycles. The summed E-state index contributed by atoms with van der Waals surface area (Å²) in [5.74, 6) is 2.26. The first kappa shape index (κ1) is 16.4. The lowest BCUT2D eigenvalue weighted by Gasteiger charge is -2.17. The average Bonchev–Trinajstić information content (AvgIpc) is 2.64. The number of ether oxygens (including phenoxy) is 2. The van der Waals surface area contributed by atoms with Crippen LogP contribution >= 0.6 is 11.8 Å². The van der Waals surface area contributed by atoms with Crippen molar-refractivity contribution in [3.05, 3.63) is 53.6 Å². The zero-order valence-electron chi connectivity index (χ0n) is 13.9. The van der Waals surface area contributed by atoms with Crippen molar-refractivity contribution in [2.24, 2.45) is 10.1 Å². The number of hydrogen-bond donors (Lipinski definition) is 1. The number of thioether (sulfide) groups is 1. The van der Waals surface area contributed by atoms with E-state index in [1.54, 1.807) is 26.0 Å². The highest BCUT2D eigenvalue weighted by Gasteiger charge is 2.17. The molecule has 1 heterocycles. The van der Waals surface area contributed by atoms with E-state index in [0.717, 1.165) is 33.6 Å². The van der Waals surface area contributed by atoms with Gasteiger partial charge in [0.05, 0.1) is 25.6 Å². The molecular weight excluding hydrogens is 322 g/mol. The van der Waals surface area contributed by atoms with Crippen LogP contribution in [0.1, 0.15) is 11.1 Å². The van der Waals surface area contributed by atoms with Gasteiger partial charge >= 0.3 is 0 Å². The fourth-order valence-corrected chi connectivity index (χ4v) is 3.06. The normalized spacial score (nSPS) is 15.6. The van der Waals surface area contributed by atoms with Crippen molar-refractivity contribution >= 4 is 28.3 Å². The van der Waals surface area contributed by atoms with Crippen molar-refractivity contribution in [1.29, 1.82) is 0 Å². The van der Waals surface area contributed by atoms with Crippen LogP contribution in [0.4, 0.5) is 5.69 Å². The summed E-state index contributed by atoms with van der Waals surface area (Å²) in [6, 6.07) is 13.8. The number of nitrogens with zero attached hydrogens (tertiary/aromatic N) is 2. The summed E-state index contributed by atoms with van der Waals surface area (Å²) in [6.45, 7) is 2.06. The molecule has 2 aromatic rings. The van der Waals surface area contributed by atoms with E-state index in [2.05, 4.69) is 22.4 Å². The van der Waals surface area contributed by atoms with Crippen LogP contribution in [0.2, 0.25) is 0 Å². The lowest BCUT2D eigenvalue weighted by Crippen LogP contribution is -2.25. The molecule has 0 saturated heterocycles. The topological polar surface area (TPSA) is 55.2 Å². The Balaban J connectivity index is 1.81. The Morgan fingerprint density at radius 3 is 2.50 bits per heavy atom. The van der Waals surface area contributed by atoms with Crippen molar-refractivity contribution in [2.75, 3.05) is 20.0 Å². The Labute approximate surface area is 145 Å². The smallest absolute Gasteiger partial charge is 0.182 e. The largest absolute Gasteiger partial charge is 0.497 e. The van der Waals surface area contributed by atoms with E-state index >= 15 is 0 Å². The van der Waals surface area contributed by atoms with E-state index in [-0.39, 0.29) is 0 Å². The summed E-state index contributed by atoms with van der Waals surface area (Å²) in [7, 11) is 3.30. The van der Waals surface area contributed by atoms with Crippen LogP contribution in [-0.4, -0.2) is 30.9 Å². The van der Waals surface area contributed by atoms with Gasteiger partial charge < -0.3 is 9.47 Å². The van der Waals surface area contributed by atoms with Gasteiger partial charge in [0.15, 0.2) is 5.17 Å². The van der Waals surface area contributed by atoms with Gasteiger partial charge in [0.2, 0.25) is 0 Å². The van der Waals surface area contributed by atoms with Gasteiger partial charge in [-0.2, -0.15) is 5.10 Å². The van der Waals surface area contributed by atoms with Crippen LogP contribution in [0.25, 0.3) is 0 Å². The Kier molecular flexibility index (Phi) is 5.05. The summed E-state index contributed by atoms with van der Waals surface area (Å²) in [6.07, 6.45) is 0. The number of benzene rings is 2. The minimum Gasteiger partial charge on any atom is -0.497 e. The zero-order chi connectivity index (χ0) is 16.9. The maximum atomic E-state index is 5.43. The van der Waals surface area contributed by atoms with Crippen LogP contribution in [-0.2, 0) is 0 Å². The summed E-state index contributed by atoms with van der Waals surface area (Å²) >= 11 is 1.61. The van der Waals surface area contributed by atoms with Crippen LogP contribution in [0.3, 0.4) is 0 Å². The predicted octanol–water partition coefficient (Wildman–Crippen LogP) is 3.74. The molecule has 0 radical (unpaired) electrons. The molecule has 1 N–H and O–H groups in total. The standard InChI is InChI=1S/C18H19N3O2S/c1-12-4-6-13(7-5-12)19-18-21-20-16(11-24-18)15-10-14(22-2)8-9-17(15)23-3/h4-10H,11H2,1-3H3,(H,19,21). The molecule has 24 heavy (non-hydrogen) atoms. The third-order valence-corrected chi connectivity index (χ3v) is 4.49. The van der Waals surface area contributed by atoms with Crippen LogP contribution in [0, 0.1) is 6.92 Å². The molecule has 0 fully saturated rings. The quantitative estimate of drug-likeness (QED) is 0.920. The van der Waals surface area contributed by atoms with E-state index < -0.39 is 0 Å². The predicted molar refractivity (Wildman–Crippen MR) is 100.0 cm³/mol. The molecule has 1 aliphatic rings. The molecule has 0 atom stereocenters.